The van der Waals surface area contributed by atoms with Crippen molar-refractivity contribution in [2.24, 2.45) is 0 Å². The summed E-state index contributed by atoms with van der Waals surface area (Å²) in [4.78, 5) is 35.0. The first-order valence-electron chi connectivity index (χ1n) is 8.61. The number of likely N-dealkylation sites (N-methyl/N-ethyl adjacent to an activating group) is 1. The number of halogens is 1. The monoisotopic (exact) mass is 375 g/mol. The Balaban J connectivity index is 1.86. The first kappa shape index (κ1) is 19.0. The molecule has 8 nitrogen and oxygen atoms in total. The van der Waals surface area contributed by atoms with Crippen molar-refractivity contribution in [3.63, 3.8) is 0 Å². The Kier molecular flexibility index (Phi) is 5.52. The molecule has 3 N–H and O–H groups in total. The van der Waals surface area contributed by atoms with Crippen LogP contribution in [0.15, 0.2) is 29.1 Å². The number of aromatic nitrogens is 2. The van der Waals surface area contributed by atoms with Gasteiger partial charge in [0.1, 0.15) is 11.6 Å². The Morgan fingerprint density at radius 2 is 2.11 bits per heavy atom. The third kappa shape index (κ3) is 4.15. The number of hydrogen-bond donors (Lipinski definition) is 3. The van der Waals surface area contributed by atoms with Crippen molar-refractivity contribution in [2.45, 2.75) is 12.6 Å². The molecule has 2 aromatic rings. The molecule has 1 aromatic carbocycles. The number of hydrogen-bond acceptors (Lipinski definition) is 6. The molecule has 1 aliphatic heterocycles. The number of carbonyl (C=O) groups is 1. The summed E-state index contributed by atoms with van der Waals surface area (Å²) in [5.41, 5.74) is -0.331. The molecular formula is C18H22FN5O3. The molecule has 1 unspecified atom stereocenters. The van der Waals surface area contributed by atoms with Gasteiger partial charge < -0.3 is 20.3 Å². The molecule has 144 valence electrons. The van der Waals surface area contributed by atoms with Gasteiger partial charge in [0.2, 0.25) is 5.75 Å². The number of carbonyl (C=O) groups excluding carboxylic acids is 1. The average Bonchev–Trinajstić information content (AvgIpc) is 2.65. The molecule has 1 aromatic heterocycles. The minimum absolute atomic E-state index is 0.188. The van der Waals surface area contributed by atoms with Crippen LogP contribution in [0.25, 0.3) is 0 Å². The summed E-state index contributed by atoms with van der Waals surface area (Å²) in [6, 6.07) is 5.54. The Hall–Kier alpha value is -2.78. The highest BCUT2D eigenvalue weighted by Gasteiger charge is 2.27. The van der Waals surface area contributed by atoms with E-state index in [1.54, 1.807) is 12.1 Å². The first-order chi connectivity index (χ1) is 12.9. The van der Waals surface area contributed by atoms with Crippen molar-refractivity contribution in [1.29, 1.82) is 0 Å². The number of nitrogens with zero attached hydrogens (tertiary/aromatic N) is 3. The van der Waals surface area contributed by atoms with E-state index < -0.39 is 17.2 Å². The van der Waals surface area contributed by atoms with Gasteiger partial charge in [-0.25, -0.2) is 9.37 Å². The number of piperazine rings is 1. The minimum atomic E-state index is -0.752. The number of aromatic hydroxyl groups is 1. The van der Waals surface area contributed by atoms with Gasteiger partial charge in [0, 0.05) is 33.2 Å². The van der Waals surface area contributed by atoms with Crippen molar-refractivity contribution in [3.05, 3.63) is 57.5 Å². The highest BCUT2D eigenvalue weighted by Crippen LogP contribution is 2.19. The molecule has 1 fully saturated rings. The number of nitrogens with one attached hydrogen (secondary N) is 2. The van der Waals surface area contributed by atoms with E-state index in [-0.39, 0.29) is 24.1 Å². The van der Waals surface area contributed by atoms with E-state index in [2.05, 4.69) is 15.3 Å². The Labute approximate surface area is 155 Å². The molecule has 1 aliphatic rings. The SMILES string of the molecule is CN(Cc1ccc(F)cc1)C(=O)c1nc(C2CNCCN2C)[nH]c(=O)c1O. The Morgan fingerprint density at radius 3 is 2.78 bits per heavy atom. The van der Waals surface area contributed by atoms with Crippen molar-refractivity contribution < 1.29 is 14.3 Å². The fourth-order valence-corrected chi connectivity index (χ4v) is 3.02. The lowest BCUT2D eigenvalue weighted by atomic mass is 10.1. The molecule has 27 heavy (non-hydrogen) atoms. The predicted molar refractivity (Wildman–Crippen MR) is 97.0 cm³/mol. The van der Waals surface area contributed by atoms with Gasteiger partial charge in [-0.15, -0.1) is 0 Å². The predicted octanol–water partition coefficient (Wildman–Crippen LogP) is 0.463. The normalized spacial score (nSPS) is 17.7. The third-order valence-corrected chi connectivity index (χ3v) is 4.62. The molecule has 1 amide bonds. The quantitative estimate of drug-likeness (QED) is 0.718. The van der Waals surface area contributed by atoms with Crippen molar-refractivity contribution in [3.8, 4) is 5.75 Å². The van der Waals surface area contributed by atoms with E-state index in [0.29, 0.717) is 17.9 Å². The van der Waals surface area contributed by atoms with Crippen LogP contribution in [0.1, 0.15) is 27.9 Å². The van der Waals surface area contributed by atoms with Crippen LogP contribution in [0.5, 0.6) is 5.75 Å². The summed E-state index contributed by atoms with van der Waals surface area (Å²) in [5, 5.41) is 13.3. The van der Waals surface area contributed by atoms with Gasteiger partial charge in [-0.1, -0.05) is 12.1 Å². The van der Waals surface area contributed by atoms with Gasteiger partial charge in [-0.05, 0) is 24.7 Å². The van der Waals surface area contributed by atoms with Gasteiger partial charge in [-0.3, -0.25) is 14.5 Å². The minimum Gasteiger partial charge on any atom is -0.501 e. The van der Waals surface area contributed by atoms with Gasteiger partial charge in [0.25, 0.3) is 11.5 Å². The summed E-state index contributed by atoms with van der Waals surface area (Å²) in [6.45, 7) is 2.35. The average molecular weight is 375 g/mol. The third-order valence-electron chi connectivity index (χ3n) is 4.62. The standard InChI is InChI=1S/C18H22FN5O3/c1-23-8-7-20-9-13(23)16-21-14(15(25)17(26)22-16)18(27)24(2)10-11-3-5-12(19)6-4-11/h3-6,13,20,25H,7-10H2,1-2H3,(H,21,22,26). The molecule has 0 bridgehead atoms. The van der Waals surface area contributed by atoms with Crippen LogP contribution in [0.2, 0.25) is 0 Å². The highest BCUT2D eigenvalue weighted by molar-refractivity contribution is 5.94. The zero-order chi connectivity index (χ0) is 19.6. The molecule has 3 rings (SSSR count). The molecule has 0 aliphatic carbocycles. The van der Waals surface area contributed by atoms with E-state index in [9.17, 15) is 19.1 Å². The summed E-state index contributed by atoms with van der Waals surface area (Å²) in [7, 11) is 3.43. The fraction of sp³-hybridized carbons (Fsp3) is 0.389. The van der Waals surface area contributed by atoms with Crippen LogP contribution in [-0.4, -0.2) is 64.5 Å². The van der Waals surface area contributed by atoms with Gasteiger partial charge in [0.15, 0.2) is 5.69 Å². The maximum absolute atomic E-state index is 13.0. The second-order valence-corrected chi connectivity index (χ2v) is 6.64. The molecule has 0 radical (unpaired) electrons. The molecule has 9 heteroatoms. The van der Waals surface area contributed by atoms with Crippen LogP contribution in [0.4, 0.5) is 4.39 Å². The summed E-state index contributed by atoms with van der Waals surface area (Å²) >= 11 is 0. The first-order valence-corrected chi connectivity index (χ1v) is 8.61. The van der Waals surface area contributed by atoms with E-state index in [1.165, 1.54) is 24.1 Å². The second kappa shape index (κ2) is 7.85. The lowest BCUT2D eigenvalue weighted by Gasteiger charge is -2.32. The number of rotatable bonds is 4. The van der Waals surface area contributed by atoms with Crippen LogP contribution < -0.4 is 10.9 Å². The Bertz CT molecular complexity index is 884. The van der Waals surface area contributed by atoms with Crippen molar-refractivity contribution in [1.82, 2.24) is 25.1 Å². The van der Waals surface area contributed by atoms with Crippen LogP contribution in [0.3, 0.4) is 0 Å². The molecule has 1 saturated heterocycles. The van der Waals surface area contributed by atoms with E-state index >= 15 is 0 Å². The second-order valence-electron chi connectivity index (χ2n) is 6.64. The van der Waals surface area contributed by atoms with Crippen LogP contribution >= 0.6 is 0 Å². The van der Waals surface area contributed by atoms with E-state index in [4.69, 9.17) is 0 Å². The molecule has 0 spiro atoms. The zero-order valence-corrected chi connectivity index (χ0v) is 15.2. The largest absolute Gasteiger partial charge is 0.501 e. The number of H-pyrrole nitrogens is 1. The van der Waals surface area contributed by atoms with Crippen molar-refractivity contribution in [2.75, 3.05) is 33.7 Å². The van der Waals surface area contributed by atoms with Crippen molar-refractivity contribution >= 4 is 5.91 Å². The lowest BCUT2D eigenvalue weighted by molar-refractivity contribution is 0.0773. The molecular weight excluding hydrogens is 353 g/mol. The lowest BCUT2D eigenvalue weighted by Crippen LogP contribution is -2.45. The number of benzene rings is 1. The van der Waals surface area contributed by atoms with Gasteiger partial charge in [-0.2, -0.15) is 0 Å². The molecule has 1 atom stereocenters. The number of aromatic amines is 1. The fourth-order valence-electron chi connectivity index (χ4n) is 3.02. The maximum atomic E-state index is 13.0. The highest BCUT2D eigenvalue weighted by atomic mass is 19.1. The van der Waals surface area contributed by atoms with Crippen LogP contribution in [-0.2, 0) is 6.54 Å². The summed E-state index contributed by atoms with van der Waals surface area (Å²) < 4.78 is 13.0. The Morgan fingerprint density at radius 1 is 1.41 bits per heavy atom. The van der Waals surface area contributed by atoms with E-state index in [1.807, 2.05) is 11.9 Å². The topological polar surface area (TPSA) is 102 Å². The molecule has 0 saturated carbocycles. The van der Waals surface area contributed by atoms with Crippen LogP contribution in [0, 0.1) is 5.82 Å². The van der Waals surface area contributed by atoms with E-state index in [0.717, 1.165) is 13.1 Å². The maximum Gasteiger partial charge on any atom is 0.293 e. The summed E-state index contributed by atoms with van der Waals surface area (Å²) in [5.74, 6) is -1.33. The van der Waals surface area contributed by atoms with Gasteiger partial charge in [0.05, 0.1) is 6.04 Å². The smallest absolute Gasteiger partial charge is 0.293 e. The summed E-state index contributed by atoms with van der Waals surface area (Å²) in [6.07, 6.45) is 0. The number of amides is 1. The van der Waals surface area contributed by atoms with Gasteiger partial charge >= 0.3 is 0 Å². The molecule has 2 heterocycles. The zero-order valence-electron chi connectivity index (χ0n) is 15.2.